The molecule has 12 heteroatoms. The van der Waals surface area contributed by atoms with Gasteiger partial charge in [0.25, 0.3) is 0 Å². The molecule has 46 heavy (non-hydrogen) atoms. The van der Waals surface area contributed by atoms with Gasteiger partial charge in [0.1, 0.15) is 5.75 Å². The molecule has 0 aromatic heterocycles. The number of carbonyl (C=O) groups excluding carboxylic acids is 1. The summed E-state index contributed by atoms with van der Waals surface area (Å²) < 4.78 is 40.3. The summed E-state index contributed by atoms with van der Waals surface area (Å²) in [7, 11) is 7.92. The van der Waals surface area contributed by atoms with E-state index in [1.165, 1.54) is 0 Å². The maximum Gasteiger partial charge on any atom is 0.345 e. The second-order valence-electron chi connectivity index (χ2n) is 10.5. The number of amides is 2. The van der Waals surface area contributed by atoms with Crippen molar-refractivity contribution >= 4 is 23.5 Å². The van der Waals surface area contributed by atoms with Gasteiger partial charge < -0.3 is 38.5 Å². The normalized spacial score (nSPS) is 15.6. The Morgan fingerprint density at radius 3 is 2.00 bits per heavy atom. The molecule has 3 aromatic rings. The summed E-state index contributed by atoms with van der Waals surface area (Å²) in [5, 5.41) is 13.9. The lowest BCUT2D eigenvalue weighted by Gasteiger charge is -2.22. The third kappa shape index (κ3) is 8.62. The first-order valence-corrected chi connectivity index (χ1v) is 16.2. The van der Waals surface area contributed by atoms with E-state index in [1.54, 1.807) is 47.3 Å². The standard InChI is InChI=1S/C34H44N2O9S/c1-7-8-15-36(38)34(37)35-26-18-22(19-29(40-3)32(26)44-16-17-46-25-11-9-24(39-2)10-12-25)27-13-14-28(45-27)23-20-30(41-4)33(43-6)31(21-23)42-5/h9-12,18-21,27-28,38H,7-8,13-17H2,1-6H3,(H,35,37)/t27-,28-/m1/s1. The first kappa shape index (κ1) is 34.9. The maximum atomic E-state index is 13.0. The molecule has 11 nitrogen and oxygen atoms in total. The molecular formula is C34H44N2O9S. The SMILES string of the molecule is CCCCN(O)C(=O)Nc1cc([C@H]2CC[C@H](c3cc(OC)c(OC)c(OC)c3)O2)cc(OC)c1OCCSc1ccc(OC)cc1. The van der Waals surface area contributed by atoms with Crippen LogP contribution in [-0.2, 0) is 4.74 Å². The second-order valence-corrected chi connectivity index (χ2v) is 11.7. The van der Waals surface area contributed by atoms with Crippen LogP contribution in [-0.4, -0.2) is 70.8 Å². The van der Waals surface area contributed by atoms with Crippen LogP contribution >= 0.6 is 11.8 Å². The van der Waals surface area contributed by atoms with E-state index in [0.717, 1.165) is 41.0 Å². The van der Waals surface area contributed by atoms with Gasteiger partial charge in [-0.05, 0) is 78.9 Å². The minimum Gasteiger partial charge on any atom is -0.497 e. The predicted molar refractivity (Wildman–Crippen MR) is 177 cm³/mol. The molecule has 0 bridgehead atoms. The van der Waals surface area contributed by atoms with Crippen molar-refractivity contribution in [1.82, 2.24) is 5.06 Å². The molecule has 2 amide bonds. The Kier molecular flexibility index (Phi) is 12.9. The Balaban J connectivity index is 1.56. The van der Waals surface area contributed by atoms with Gasteiger partial charge in [0, 0.05) is 10.6 Å². The minimum atomic E-state index is -0.659. The Bertz CT molecular complexity index is 1410. The summed E-state index contributed by atoms with van der Waals surface area (Å²) in [6.45, 7) is 2.54. The Morgan fingerprint density at radius 2 is 1.46 bits per heavy atom. The van der Waals surface area contributed by atoms with Crippen LogP contribution in [0.25, 0.3) is 0 Å². The van der Waals surface area contributed by atoms with E-state index in [0.29, 0.717) is 58.3 Å². The molecule has 2 atom stereocenters. The average Bonchev–Trinajstić information content (AvgIpc) is 3.59. The monoisotopic (exact) mass is 656 g/mol. The Hall–Kier alpha value is -4.00. The molecule has 1 aliphatic heterocycles. The second kappa shape index (κ2) is 17.1. The third-order valence-corrected chi connectivity index (χ3v) is 8.58. The van der Waals surface area contributed by atoms with Crippen molar-refractivity contribution in [3.63, 3.8) is 0 Å². The van der Waals surface area contributed by atoms with Crippen molar-refractivity contribution < 1.29 is 43.2 Å². The van der Waals surface area contributed by atoms with Crippen LogP contribution < -0.4 is 33.7 Å². The first-order valence-electron chi connectivity index (χ1n) is 15.2. The molecule has 0 aliphatic carbocycles. The number of hydrogen-bond acceptors (Lipinski definition) is 10. The molecule has 1 aliphatic rings. The lowest BCUT2D eigenvalue weighted by molar-refractivity contribution is -0.0379. The van der Waals surface area contributed by atoms with E-state index >= 15 is 0 Å². The zero-order chi connectivity index (χ0) is 33.1. The number of thioether (sulfide) groups is 1. The highest BCUT2D eigenvalue weighted by molar-refractivity contribution is 7.99. The van der Waals surface area contributed by atoms with Gasteiger partial charge in [-0.25, -0.2) is 9.86 Å². The number of anilines is 1. The first-order chi connectivity index (χ1) is 22.3. The molecule has 1 heterocycles. The van der Waals surface area contributed by atoms with Gasteiger partial charge >= 0.3 is 6.03 Å². The molecule has 1 saturated heterocycles. The van der Waals surface area contributed by atoms with Crippen molar-refractivity contribution in [3.8, 4) is 34.5 Å². The lowest BCUT2D eigenvalue weighted by atomic mass is 10.0. The van der Waals surface area contributed by atoms with E-state index in [4.69, 9.17) is 33.2 Å². The van der Waals surface area contributed by atoms with E-state index in [2.05, 4.69) is 5.32 Å². The number of nitrogens with zero attached hydrogens (tertiary/aromatic N) is 1. The Labute approximate surface area is 275 Å². The van der Waals surface area contributed by atoms with Crippen LogP contribution in [0.15, 0.2) is 53.4 Å². The number of benzene rings is 3. The van der Waals surface area contributed by atoms with Crippen molar-refractivity contribution in [2.24, 2.45) is 0 Å². The van der Waals surface area contributed by atoms with Gasteiger partial charge in [-0.3, -0.25) is 5.21 Å². The van der Waals surface area contributed by atoms with Crippen LogP contribution in [0.3, 0.4) is 0 Å². The topological polar surface area (TPSA) is 117 Å². The molecule has 1 fully saturated rings. The molecule has 0 radical (unpaired) electrons. The minimum absolute atomic E-state index is 0.204. The predicted octanol–water partition coefficient (Wildman–Crippen LogP) is 7.52. The number of nitrogens with one attached hydrogen (secondary N) is 1. The molecule has 0 spiro atoms. The lowest BCUT2D eigenvalue weighted by Crippen LogP contribution is -2.33. The highest BCUT2D eigenvalue weighted by Crippen LogP contribution is 2.48. The molecule has 250 valence electrons. The number of carbonyl (C=O) groups is 1. The largest absolute Gasteiger partial charge is 0.497 e. The highest BCUT2D eigenvalue weighted by atomic mass is 32.2. The molecule has 3 aromatic carbocycles. The van der Waals surface area contributed by atoms with Crippen molar-refractivity contribution in [1.29, 1.82) is 0 Å². The van der Waals surface area contributed by atoms with Crippen molar-refractivity contribution in [3.05, 3.63) is 59.7 Å². The van der Waals surface area contributed by atoms with Gasteiger partial charge in [0.2, 0.25) is 5.75 Å². The fourth-order valence-corrected chi connectivity index (χ4v) is 5.91. The van der Waals surface area contributed by atoms with Gasteiger partial charge in [-0.1, -0.05) is 13.3 Å². The van der Waals surface area contributed by atoms with Crippen LogP contribution in [0, 0.1) is 0 Å². The summed E-state index contributed by atoms with van der Waals surface area (Å²) in [5.74, 6) is 3.89. The zero-order valence-electron chi connectivity index (χ0n) is 27.3. The van der Waals surface area contributed by atoms with Crippen LogP contribution in [0.4, 0.5) is 10.5 Å². The Morgan fingerprint density at radius 1 is 0.870 bits per heavy atom. The van der Waals surface area contributed by atoms with Crippen LogP contribution in [0.2, 0.25) is 0 Å². The van der Waals surface area contributed by atoms with E-state index < -0.39 is 6.03 Å². The van der Waals surface area contributed by atoms with E-state index in [1.807, 2.05) is 55.5 Å². The van der Waals surface area contributed by atoms with Crippen molar-refractivity contribution in [2.75, 3.05) is 59.8 Å². The average molecular weight is 657 g/mol. The number of unbranched alkanes of at least 4 members (excludes halogenated alkanes) is 1. The zero-order valence-corrected chi connectivity index (χ0v) is 28.1. The van der Waals surface area contributed by atoms with Crippen LogP contribution in [0.1, 0.15) is 55.9 Å². The fourth-order valence-electron chi connectivity index (χ4n) is 5.18. The number of urea groups is 1. The number of methoxy groups -OCH3 is 5. The molecule has 4 rings (SSSR count). The maximum absolute atomic E-state index is 13.0. The quantitative estimate of drug-likeness (QED) is 0.0694. The van der Waals surface area contributed by atoms with E-state index in [-0.39, 0.29) is 18.8 Å². The number of ether oxygens (including phenoxy) is 7. The number of hydroxylamine groups is 2. The van der Waals surface area contributed by atoms with Gasteiger partial charge in [0.05, 0.1) is 66.6 Å². The molecular weight excluding hydrogens is 612 g/mol. The van der Waals surface area contributed by atoms with E-state index in [9.17, 15) is 10.0 Å². The fraction of sp³-hybridized carbons (Fsp3) is 0.441. The highest BCUT2D eigenvalue weighted by Gasteiger charge is 2.31. The molecule has 0 saturated carbocycles. The molecule has 0 unspecified atom stereocenters. The summed E-state index contributed by atoms with van der Waals surface area (Å²) in [4.78, 5) is 14.0. The number of rotatable bonds is 16. The summed E-state index contributed by atoms with van der Waals surface area (Å²) in [6, 6.07) is 14.6. The smallest absolute Gasteiger partial charge is 0.345 e. The molecule has 2 N–H and O–H groups in total. The summed E-state index contributed by atoms with van der Waals surface area (Å²) >= 11 is 1.63. The van der Waals surface area contributed by atoms with Crippen molar-refractivity contribution in [2.45, 2.75) is 49.7 Å². The van der Waals surface area contributed by atoms with Gasteiger partial charge in [-0.15, -0.1) is 11.8 Å². The third-order valence-electron chi connectivity index (χ3n) is 7.60. The van der Waals surface area contributed by atoms with Gasteiger partial charge in [0.15, 0.2) is 23.0 Å². The summed E-state index contributed by atoms with van der Waals surface area (Å²) in [5.41, 5.74) is 2.09. The summed E-state index contributed by atoms with van der Waals surface area (Å²) in [6.07, 6.45) is 2.45. The van der Waals surface area contributed by atoms with Gasteiger partial charge in [-0.2, -0.15) is 0 Å². The number of hydrogen-bond donors (Lipinski definition) is 2. The van der Waals surface area contributed by atoms with Crippen LogP contribution in [0.5, 0.6) is 34.5 Å².